The molecule has 0 aliphatic heterocycles. The highest BCUT2D eigenvalue weighted by Gasteiger charge is 2.13. The molecular formula is C18H25N3O2. The van der Waals surface area contributed by atoms with Crippen molar-refractivity contribution in [3.63, 3.8) is 0 Å². The molecule has 0 bridgehead atoms. The second-order valence-electron chi connectivity index (χ2n) is 5.75. The van der Waals surface area contributed by atoms with E-state index in [1.165, 1.54) is 0 Å². The Balaban J connectivity index is 1.99. The van der Waals surface area contributed by atoms with Crippen molar-refractivity contribution < 1.29 is 9.53 Å². The van der Waals surface area contributed by atoms with Gasteiger partial charge in [-0.05, 0) is 43.9 Å². The molecule has 0 saturated heterocycles. The Morgan fingerprint density at radius 3 is 2.70 bits per heavy atom. The highest BCUT2D eigenvalue weighted by Crippen LogP contribution is 2.21. The summed E-state index contributed by atoms with van der Waals surface area (Å²) in [5, 5.41) is 7.39. The van der Waals surface area contributed by atoms with Gasteiger partial charge in [0.2, 0.25) is 5.91 Å². The van der Waals surface area contributed by atoms with Crippen LogP contribution in [-0.2, 0) is 24.7 Å². The second-order valence-corrected chi connectivity index (χ2v) is 5.75. The van der Waals surface area contributed by atoms with Crippen molar-refractivity contribution in [2.75, 3.05) is 12.4 Å². The fourth-order valence-electron chi connectivity index (χ4n) is 2.67. The number of aryl methyl sites for hydroxylation is 4. The smallest absolute Gasteiger partial charge is 0.225 e. The molecule has 1 N–H and O–H groups in total. The van der Waals surface area contributed by atoms with E-state index in [2.05, 4.69) is 17.3 Å². The quantitative estimate of drug-likeness (QED) is 0.890. The first-order valence-corrected chi connectivity index (χ1v) is 7.92. The molecule has 5 nitrogen and oxygen atoms in total. The number of benzene rings is 1. The van der Waals surface area contributed by atoms with Crippen LogP contribution in [0.4, 0.5) is 5.82 Å². The highest BCUT2D eigenvalue weighted by molar-refractivity contribution is 5.90. The van der Waals surface area contributed by atoms with Crippen LogP contribution in [0.2, 0.25) is 0 Å². The highest BCUT2D eigenvalue weighted by atomic mass is 16.5. The molecule has 0 saturated carbocycles. The molecule has 1 heterocycles. The number of carbonyl (C=O) groups excluding carboxylic acids is 1. The summed E-state index contributed by atoms with van der Waals surface area (Å²) in [6, 6.07) is 6.05. The number of hydrogen-bond donors (Lipinski definition) is 1. The molecule has 124 valence electrons. The lowest BCUT2D eigenvalue weighted by atomic mass is 10.1. The Kier molecular flexibility index (Phi) is 5.42. The van der Waals surface area contributed by atoms with E-state index < -0.39 is 0 Å². The van der Waals surface area contributed by atoms with Gasteiger partial charge in [0.05, 0.1) is 12.8 Å². The number of nitrogens with zero attached hydrogens (tertiary/aromatic N) is 2. The second kappa shape index (κ2) is 7.31. The van der Waals surface area contributed by atoms with Crippen molar-refractivity contribution >= 4 is 11.7 Å². The van der Waals surface area contributed by atoms with Crippen molar-refractivity contribution in [3.8, 4) is 5.75 Å². The third-order valence-electron chi connectivity index (χ3n) is 4.09. The Morgan fingerprint density at radius 1 is 1.35 bits per heavy atom. The van der Waals surface area contributed by atoms with E-state index in [1.807, 2.05) is 39.1 Å². The molecule has 5 heteroatoms. The molecular weight excluding hydrogens is 290 g/mol. The summed E-state index contributed by atoms with van der Waals surface area (Å²) >= 11 is 0. The molecule has 0 radical (unpaired) electrons. The van der Waals surface area contributed by atoms with E-state index in [-0.39, 0.29) is 5.91 Å². The Bertz CT molecular complexity index is 705. The fourth-order valence-corrected chi connectivity index (χ4v) is 2.67. The zero-order valence-electron chi connectivity index (χ0n) is 14.6. The number of rotatable bonds is 6. The lowest BCUT2D eigenvalue weighted by Gasteiger charge is -2.09. The normalized spacial score (nSPS) is 10.7. The van der Waals surface area contributed by atoms with Gasteiger partial charge in [0.15, 0.2) is 0 Å². The number of anilines is 1. The number of methoxy groups -OCH3 is 1. The van der Waals surface area contributed by atoms with E-state index >= 15 is 0 Å². The monoisotopic (exact) mass is 315 g/mol. The van der Waals surface area contributed by atoms with E-state index in [1.54, 1.807) is 11.8 Å². The van der Waals surface area contributed by atoms with Crippen molar-refractivity contribution in [1.82, 2.24) is 9.78 Å². The fraction of sp³-hybridized carbons (Fsp3) is 0.444. The molecule has 0 atom stereocenters. The van der Waals surface area contributed by atoms with Gasteiger partial charge >= 0.3 is 0 Å². The van der Waals surface area contributed by atoms with Crippen LogP contribution in [0.1, 0.15) is 35.7 Å². The molecule has 0 aliphatic rings. The predicted octanol–water partition coefficient (Wildman–Crippen LogP) is 3.18. The van der Waals surface area contributed by atoms with E-state index in [0.29, 0.717) is 12.8 Å². The van der Waals surface area contributed by atoms with Gasteiger partial charge in [0.25, 0.3) is 0 Å². The summed E-state index contributed by atoms with van der Waals surface area (Å²) in [6.45, 7) is 6.06. The maximum absolute atomic E-state index is 12.2. The molecule has 1 aromatic heterocycles. The van der Waals surface area contributed by atoms with Crippen LogP contribution in [0.15, 0.2) is 18.2 Å². The van der Waals surface area contributed by atoms with Gasteiger partial charge < -0.3 is 10.1 Å². The van der Waals surface area contributed by atoms with Crippen molar-refractivity contribution in [2.24, 2.45) is 7.05 Å². The lowest BCUT2D eigenvalue weighted by Crippen LogP contribution is -2.15. The number of amides is 1. The van der Waals surface area contributed by atoms with Gasteiger partial charge in [-0.1, -0.05) is 19.1 Å². The molecule has 2 aromatic rings. The first kappa shape index (κ1) is 17.1. The molecule has 0 unspecified atom stereocenters. The molecule has 0 aliphatic carbocycles. The number of hydrogen-bond acceptors (Lipinski definition) is 3. The summed E-state index contributed by atoms with van der Waals surface area (Å²) in [5.74, 6) is 1.64. The standard InChI is InChI=1S/C18H25N3O2/c1-6-15-13(3)18(21(4)20-15)19-17(22)10-9-14-8-7-12(2)16(11-14)23-5/h7-8,11H,6,9-10H2,1-5H3,(H,19,22). The Labute approximate surface area is 137 Å². The number of nitrogens with one attached hydrogen (secondary N) is 1. The summed E-state index contributed by atoms with van der Waals surface area (Å²) in [4.78, 5) is 12.2. The predicted molar refractivity (Wildman–Crippen MR) is 92.0 cm³/mol. The number of aromatic nitrogens is 2. The van der Waals surface area contributed by atoms with Crippen LogP contribution in [0.5, 0.6) is 5.75 Å². The van der Waals surface area contributed by atoms with Crippen molar-refractivity contribution in [3.05, 3.63) is 40.6 Å². The first-order valence-electron chi connectivity index (χ1n) is 7.92. The SMILES string of the molecule is CCc1nn(C)c(NC(=O)CCc2ccc(C)c(OC)c2)c1C. The van der Waals surface area contributed by atoms with Gasteiger partial charge in [0, 0.05) is 19.0 Å². The summed E-state index contributed by atoms with van der Waals surface area (Å²) in [5.41, 5.74) is 4.25. The van der Waals surface area contributed by atoms with Gasteiger partial charge in [0.1, 0.15) is 11.6 Å². The van der Waals surface area contributed by atoms with Gasteiger partial charge in [-0.2, -0.15) is 5.10 Å². The Morgan fingerprint density at radius 2 is 2.09 bits per heavy atom. The van der Waals surface area contributed by atoms with E-state index in [0.717, 1.165) is 40.4 Å². The van der Waals surface area contributed by atoms with Crippen LogP contribution < -0.4 is 10.1 Å². The topological polar surface area (TPSA) is 56.2 Å². The van der Waals surface area contributed by atoms with E-state index in [4.69, 9.17) is 4.74 Å². The third-order valence-corrected chi connectivity index (χ3v) is 4.09. The molecule has 0 fully saturated rings. The lowest BCUT2D eigenvalue weighted by molar-refractivity contribution is -0.116. The number of carbonyl (C=O) groups is 1. The van der Waals surface area contributed by atoms with Gasteiger partial charge in [-0.25, -0.2) is 0 Å². The zero-order valence-corrected chi connectivity index (χ0v) is 14.6. The molecule has 2 rings (SSSR count). The van der Waals surface area contributed by atoms with E-state index in [9.17, 15) is 4.79 Å². The summed E-state index contributed by atoms with van der Waals surface area (Å²) in [7, 11) is 3.52. The largest absolute Gasteiger partial charge is 0.496 e. The molecule has 0 spiro atoms. The maximum Gasteiger partial charge on any atom is 0.225 e. The minimum Gasteiger partial charge on any atom is -0.496 e. The number of ether oxygens (including phenoxy) is 1. The van der Waals surface area contributed by atoms with Crippen molar-refractivity contribution in [1.29, 1.82) is 0 Å². The summed E-state index contributed by atoms with van der Waals surface area (Å²) in [6.07, 6.45) is 1.97. The molecule has 1 aromatic carbocycles. The van der Waals surface area contributed by atoms with Crippen LogP contribution in [0.25, 0.3) is 0 Å². The first-order chi connectivity index (χ1) is 11.0. The molecule has 23 heavy (non-hydrogen) atoms. The average molecular weight is 315 g/mol. The zero-order chi connectivity index (χ0) is 17.0. The van der Waals surface area contributed by atoms with Gasteiger partial charge in [-0.15, -0.1) is 0 Å². The maximum atomic E-state index is 12.2. The minimum absolute atomic E-state index is 0.00158. The molecule has 1 amide bonds. The minimum atomic E-state index is -0.00158. The van der Waals surface area contributed by atoms with Crippen LogP contribution in [-0.4, -0.2) is 22.8 Å². The van der Waals surface area contributed by atoms with Gasteiger partial charge in [-0.3, -0.25) is 9.48 Å². The van der Waals surface area contributed by atoms with Crippen LogP contribution in [0, 0.1) is 13.8 Å². The van der Waals surface area contributed by atoms with Crippen LogP contribution in [0.3, 0.4) is 0 Å². The summed E-state index contributed by atoms with van der Waals surface area (Å²) < 4.78 is 7.06. The third kappa shape index (κ3) is 3.92. The Hall–Kier alpha value is -2.30. The van der Waals surface area contributed by atoms with Crippen molar-refractivity contribution in [2.45, 2.75) is 40.0 Å². The van der Waals surface area contributed by atoms with Crippen LogP contribution >= 0.6 is 0 Å². The average Bonchev–Trinajstić information content (AvgIpc) is 2.81.